The number of halogens is 1. The van der Waals surface area contributed by atoms with Crippen molar-refractivity contribution >= 4 is 18.3 Å². The number of carbonyl (C=O) groups is 1. The van der Waals surface area contributed by atoms with Crippen molar-refractivity contribution in [2.24, 2.45) is 5.92 Å². The summed E-state index contributed by atoms with van der Waals surface area (Å²) in [5.41, 5.74) is 0. The molecular weight excluding hydrogens is 176 g/mol. The molecule has 1 atom stereocenters. The predicted octanol–water partition coefficient (Wildman–Crippen LogP) is 0.544. The van der Waals surface area contributed by atoms with Crippen LogP contribution in [0.1, 0.15) is 19.8 Å². The average Bonchev–Trinajstić information content (AvgIpc) is 2.07. The van der Waals surface area contributed by atoms with E-state index in [0.29, 0.717) is 0 Å². The Morgan fingerprint density at radius 2 is 2.42 bits per heavy atom. The summed E-state index contributed by atoms with van der Waals surface area (Å²) >= 11 is 0. The highest BCUT2D eigenvalue weighted by Crippen LogP contribution is 2.08. The zero-order valence-corrected chi connectivity index (χ0v) is 8.25. The van der Waals surface area contributed by atoms with Crippen molar-refractivity contribution in [1.29, 1.82) is 0 Å². The second-order valence-corrected chi connectivity index (χ2v) is 2.94. The molecule has 1 heterocycles. The van der Waals surface area contributed by atoms with E-state index in [1.165, 1.54) is 0 Å². The summed E-state index contributed by atoms with van der Waals surface area (Å²) in [5.74, 6) is 0.420. The van der Waals surface area contributed by atoms with Crippen LogP contribution in [0.3, 0.4) is 0 Å². The molecule has 0 spiro atoms. The third kappa shape index (κ3) is 3.41. The zero-order valence-electron chi connectivity index (χ0n) is 7.43. The first-order chi connectivity index (χ1) is 5.34. The van der Waals surface area contributed by atoms with Gasteiger partial charge in [-0.2, -0.15) is 0 Å². The van der Waals surface area contributed by atoms with Crippen molar-refractivity contribution in [3.8, 4) is 0 Å². The van der Waals surface area contributed by atoms with Crippen molar-refractivity contribution in [1.82, 2.24) is 10.6 Å². The maximum absolute atomic E-state index is 11.2. The van der Waals surface area contributed by atoms with Crippen molar-refractivity contribution in [2.45, 2.75) is 19.8 Å². The topological polar surface area (TPSA) is 41.1 Å². The number of hydrogen-bond donors (Lipinski definition) is 2. The third-order valence-electron chi connectivity index (χ3n) is 2.02. The minimum Gasteiger partial charge on any atom is -0.356 e. The van der Waals surface area contributed by atoms with Gasteiger partial charge in [0.15, 0.2) is 0 Å². The summed E-state index contributed by atoms with van der Waals surface area (Å²) in [6.45, 7) is 4.62. The Morgan fingerprint density at radius 1 is 1.67 bits per heavy atom. The first-order valence-corrected chi connectivity index (χ1v) is 4.33. The van der Waals surface area contributed by atoms with E-state index in [0.717, 1.165) is 32.5 Å². The maximum Gasteiger partial charge on any atom is 0.224 e. The largest absolute Gasteiger partial charge is 0.356 e. The molecule has 1 amide bonds. The van der Waals surface area contributed by atoms with Crippen molar-refractivity contribution in [3.05, 3.63) is 0 Å². The number of hydrogen-bond acceptors (Lipinski definition) is 2. The van der Waals surface area contributed by atoms with E-state index in [4.69, 9.17) is 0 Å². The number of rotatable bonds is 2. The second-order valence-electron chi connectivity index (χ2n) is 2.94. The Balaban J connectivity index is 0.00000121. The lowest BCUT2D eigenvalue weighted by atomic mass is 9.99. The standard InChI is InChI=1S/C8H16N2O.ClH/c1-2-10-8(11)7-4-3-5-9-6-7;/h7,9H,2-6H2,1H3,(H,10,11);1H. The summed E-state index contributed by atoms with van der Waals surface area (Å²) in [4.78, 5) is 11.2. The Morgan fingerprint density at radius 3 is 2.92 bits per heavy atom. The molecule has 1 saturated heterocycles. The zero-order chi connectivity index (χ0) is 8.10. The van der Waals surface area contributed by atoms with E-state index in [2.05, 4.69) is 10.6 Å². The van der Waals surface area contributed by atoms with Crippen LogP contribution in [0, 0.1) is 5.92 Å². The Labute approximate surface area is 79.7 Å². The number of piperidine rings is 1. The normalized spacial score (nSPS) is 22.6. The van der Waals surface area contributed by atoms with Gasteiger partial charge in [0, 0.05) is 13.1 Å². The molecule has 1 aliphatic heterocycles. The second kappa shape index (κ2) is 6.26. The van der Waals surface area contributed by atoms with Crippen LogP contribution in [-0.2, 0) is 4.79 Å². The van der Waals surface area contributed by atoms with Crippen LogP contribution >= 0.6 is 12.4 Å². The van der Waals surface area contributed by atoms with Crippen LogP contribution in [0.2, 0.25) is 0 Å². The Bertz CT molecular complexity index is 135. The van der Waals surface area contributed by atoms with E-state index in [-0.39, 0.29) is 24.2 Å². The van der Waals surface area contributed by atoms with Gasteiger partial charge in [-0.15, -0.1) is 12.4 Å². The van der Waals surface area contributed by atoms with E-state index < -0.39 is 0 Å². The maximum atomic E-state index is 11.2. The fraction of sp³-hybridized carbons (Fsp3) is 0.875. The van der Waals surface area contributed by atoms with E-state index in [1.807, 2.05) is 6.92 Å². The lowest BCUT2D eigenvalue weighted by Crippen LogP contribution is -2.40. The summed E-state index contributed by atoms with van der Waals surface area (Å²) in [5, 5.41) is 6.05. The van der Waals surface area contributed by atoms with Crippen LogP contribution in [0.15, 0.2) is 0 Å². The molecule has 0 bridgehead atoms. The van der Waals surface area contributed by atoms with E-state index in [9.17, 15) is 4.79 Å². The van der Waals surface area contributed by atoms with E-state index in [1.54, 1.807) is 0 Å². The van der Waals surface area contributed by atoms with Gasteiger partial charge in [0.2, 0.25) is 5.91 Å². The lowest BCUT2D eigenvalue weighted by molar-refractivity contribution is -0.125. The summed E-state index contributed by atoms with van der Waals surface area (Å²) < 4.78 is 0. The molecule has 1 unspecified atom stereocenters. The highest BCUT2D eigenvalue weighted by Gasteiger charge is 2.19. The first-order valence-electron chi connectivity index (χ1n) is 4.33. The van der Waals surface area contributed by atoms with Gasteiger partial charge in [-0.3, -0.25) is 4.79 Å². The molecule has 0 aliphatic carbocycles. The minimum absolute atomic E-state index is 0. The molecule has 2 N–H and O–H groups in total. The molecule has 0 aromatic carbocycles. The fourth-order valence-corrected chi connectivity index (χ4v) is 1.39. The molecule has 0 saturated carbocycles. The van der Waals surface area contributed by atoms with Crippen LogP contribution in [0.5, 0.6) is 0 Å². The molecule has 0 radical (unpaired) electrons. The molecule has 1 fully saturated rings. The monoisotopic (exact) mass is 192 g/mol. The van der Waals surface area contributed by atoms with Gasteiger partial charge in [-0.25, -0.2) is 0 Å². The minimum atomic E-state index is 0. The van der Waals surface area contributed by atoms with Crippen molar-refractivity contribution < 1.29 is 4.79 Å². The quantitative estimate of drug-likeness (QED) is 0.671. The van der Waals surface area contributed by atoms with Crippen LogP contribution in [0.25, 0.3) is 0 Å². The Kier molecular flexibility index (Phi) is 6.11. The molecule has 0 aromatic heterocycles. The summed E-state index contributed by atoms with van der Waals surface area (Å²) in [6, 6.07) is 0. The highest BCUT2D eigenvalue weighted by atomic mass is 35.5. The first kappa shape index (κ1) is 11.7. The lowest BCUT2D eigenvalue weighted by Gasteiger charge is -2.21. The van der Waals surface area contributed by atoms with Crippen molar-refractivity contribution in [2.75, 3.05) is 19.6 Å². The van der Waals surface area contributed by atoms with Gasteiger partial charge in [0.1, 0.15) is 0 Å². The summed E-state index contributed by atoms with van der Waals surface area (Å²) in [6.07, 6.45) is 2.17. The number of nitrogens with one attached hydrogen (secondary N) is 2. The molecule has 12 heavy (non-hydrogen) atoms. The van der Waals surface area contributed by atoms with Gasteiger partial charge < -0.3 is 10.6 Å². The molecule has 4 heteroatoms. The van der Waals surface area contributed by atoms with Crippen LogP contribution in [-0.4, -0.2) is 25.5 Å². The van der Waals surface area contributed by atoms with Crippen LogP contribution in [0.4, 0.5) is 0 Å². The number of amides is 1. The molecule has 1 aliphatic rings. The molecule has 0 aromatic rings. The Hall–Kier alpha value is -0.280. The van der Waals surface area contributed by atoms with E-state index >= 15 is 0 Å². The smallest absolute Gasteiger partial charge is 0.224 e. The average molecular weight is 193 g/mol. The van der Waals surface area contributed by atoms with Gasteiger partial charge >= 0.3 is 0 Å². The van der Waals surface area contributed by atoms with Crippen molar-refractivity contribution in [3.63, 3.8) is 0 Å². The van der Waals surface area contributed by atoms with Gasteiger partial charge in [0.05, 0.1) is 5.92 Å². The molecule has 72 valence electrons. The summed E-state index contributed by atoms with van der Waals surface area (Å²) in [7, 11) is 0. The van der Waals surface area contributed by atoms with Crippen LogP contribution < -0.4 is 10.6 Å². The fourth-order valence-electron chi connectivity index (χ4n) is 1.39. The third-order valence-corrected chi connectivity index (χ3v) is 2.02. The predicted molar refractivity (Wildman–Crippen MR) is 51.5 cm³/mol. The molecule has 1 rings (SSSR count). The van der Waals surface area contributed by atoms with Gasteiger partial charge in [-0.05, 0) is 26.3 Å². The molecule has 3 nitrogen and oxygen atoms in total. The van der Waals surface area contributed by atoms with Gasteiger partial charge in [0.25, 0.3) is 0 Å². The van der Waals surface area contributed by atoms with Gasteiger partial charge in [-0.1, -0.05) is 0 Å². The SMILES string of the molecule is CCNC(=O)C1CCCNC1.Cl. The molecular formula is C8H17ClN2O. The highest BCUT2D eigenvalue weighted by molar-refractivity contribution is 5.85. The number of carbonyl (C=O) groups excluding carboxylic acids is 1.